The first-order chi connectivity index (χ1) is 9.08. The zero-order valence-corrected chi connectivity index (χ0v) is 10.1. The molecule has 0 bridgehead atoms. The van der Waals surface area contributed by atoms with Gasteiger partial charge in [-0.15, -0.1) is 0 Å². The number of nitrogens with zero attached hydrogens (tertiary/aromatic N) is 1. The van der Waals surface area contributed by atoms with E-state index in [0.717, 1.165) is 24.6 Å². The van der Waals surface area contributed by atoms with Gasteiger partial charge in [0.05, 0.1) is 11.3 Å². The lowest BCUT2D eigenvalue weighted by atomic mass is 10.2. The first-order valence-electron chi connectivity index (χ1n) is 5.81. The molecule has 0 radical (unpaired) electrons. The number of amides is 2. The van der Waals surface area contributed by atoms with Crippen molar-refractivity contribution < 1.29 is 19.1 Å². The largest absolute Gasteiger partial charge is 0.478 e. The summed E-state index contributed by atoms with van der Waals surface area (Å²) in [5.74, 6) is -1.83. The summed E-state index contributed by atoms with van der Waals surface area (Å²) >= 11 is 0. The summed E-state index contributed by atoms with van der Waals surface area (Å²) in [4.78, 5) is 24.2. The van der Waals surface area contributed by atoms with Gasteiger partial charge in [0.15, 0.2) is 0 Å². The number of carbonyl (C=O) groups excluding carboxylic acids is 1. The Labute approximate surface area is 109 Å². The van der Waals surface area contributed by atoms with Gasteiger partial charge in [-0.3, -0.25) is 0 Å². The highest BCUT2D eigenvalue weighted by molar-refractivity contribution is 5.93. The molecule has 0 saturated carbocycles. The number of anilines is 1. The van der Waals surface area contributed by atoms with Crippen molar-refractivity contribution in [3.05, 3.63) is 41.7 Å². The number of hydrogen-bond donors (Lipinski definition) is 2. The third-order valence-corrected chi connectivity index (χ3v) is 2.80. The molecule has 0 atom stereocenters. The minimum Gasteiger partial charge on any atom is -0.478 e. The van der Waals surface area contributed by atoms with Crippen molar-refractivity contribution >= 4 is 17.7 Å². The number of urea groups is 1. The van der Waals surface area contributed by atoms with Crippen molar-refractivity contribution in [3.8, 4) is 0 Å². The summed E-state index contributed by atoms with van der Waals surface area (Å²) in [7, 11) is 0. The second-order valence-electron chi connectivity index (χ2n) is 4.14. The van der Waals surface area contributed by atoms with Crippen molar-refractivity contribution in [2.24, 2.45) is 0 Å². The summed E-state index contributed by atoms with van der Waals surface area (Å²) in [5.41, 5.74) is -0.199. The number of nitrogens with one attached hydrogen (secondary N) is 1. The van der Waals surface area contributed by atoms with Gasteiger partial charge in [-0.25, -0.2) is 14.0 Å². The van der Waals surface area contributed by atoms with Gasteiger partial charge in [0, 0.05) is 13.1 Å². The molecular formula is C13H13FN2O3. The van der Waals surface area contributed by atoms with Crippen LogP contribution in [-0.4, -0.2) is 35.1 Å². The van der Waals surface area contributed by atoms with E-state index in [0.29, 0.717) is 13.1 Å². The highest BCUT2D eigenvalue weighted by Gasteiger charge is 2.16. The molecule has 100 valence electrons. The van der Waals surface area contributed by atoms with E-state index in [1.807, 2.05) is 12.2 Å². The Morgan fingerprint density at radius 2 is 2.11 bits per heavy atom. The fourth-order valence-electron chi connectivity index (χ4n) is 1.77. The van der Waals surface area contributed by atoms with E-state index in [4.69, 9.17) is 5.11 Å². The number of aromatic carboxylic acids is 1. The number of halogens is 1. The summed E-state index contributed by atoms with van der Waals surface area (Å²) in [5, 5.41) is 11.2. The fraction of sp³-hybridized carbons (Fsp3) is 0.231. The highest BCUT2D eigenvalue weighted by atomic mass is 19.1. The average Bonchev–Trinajstić information content (AvgIpc) is 2.42. The van der Waals surface area contributed by atoms with Crippen LogP contribution in [0.2, 0.25) is 0 Å². The summed E-state index contributed by atoms with van der Waals surface area (Å²) < 4.78 is 13.5. The lowest BCUT2D eigenvalue weighted by molar-refractivity contribution is 0.0697. The molecule has 0 spiro atoms. The molecule has 1 heterocycles. The molecule has 0 aromatic heterocycles. The minimum absolute atomic E-state index is 0.0739. The maximum atomic E-state index is 13.5. The lowest BCUT2D eigenvalue weighted by Gasteiger charge is -2.23. The predicted molar refractivity (Wildman–Crippen MR) is 67.7 cm³/mol. The molecule has 2 rings (SSSR count). The molecule has 5 nitrogen and oxygen atoms in total. The van der Waals surface area contributed by atoms with Crippen LogP contribution >= 0.6 is 0 Å². The van der Waals surface area contributed by atoms with Gasteiger partial charge in [-0.1, -0.05) is 12.2 Å². The monoisotopic (exact) mass is 264 g/mol. The minimum atomic E-state index is -1.17. The van der Waals surface area contributed by atoms with Crippen molar-refractivity contribution in [2.45, 2.75) is 6.42 Å². The summed E-state index contributed by atoms with van der Waals surface area (Å²) in [6.07, 6.45) is 4.58. The zero-order chi connectivity index (χ0) is 13.8. The maximum absolute atomic E-state index is 13.5. The first kappa shape index (κ1) is 13.1. The molecule has 19 heavy (non-hydrogen) atoms. The fourth-order valence-corrected chi connectivity index (χ4v) is 1.77. The van der Waals surface area contributed by atoms with Crippen LogP contribution in [0.1, 0.15) is 16.8 Å². The maximum Gasteiger partial charge on any atom is 0.335 e. The van der Waals surface area contributed by atoms with Gasteiger partial charge in [-0.2, -0.15) is 0 Å². The van der Waals surface area contributed by atoms with Gasteiger partial charge in [0.1, 0.15) is 5.82 Å². The van der Waals surface area contributed by atoms with Crippen LogP contribution in [-0.2, 0) is 0 Å². The molecule has 0 aliphatic carbocycles. The third-order valence-electron chi connectivity index (χ3n) is 2.80. The lowest BCUT2D eigenvalue weighted by Crippen LogP contribution is -2.37. The standard InChI is InChI=1S/C13H13FN2O3/c14-10-5-4-9(12(17)18)8-11(10)15-13(19)16-6-2-1-3-7-16/h1-2,4-5,8H,3,6-7H2,(H,15,19)(H,17,18). The van der Waals surface area contributed by atoms with E-state index in [2.05, 4.69) is 5.32 Å². The number of benzene rings is 1. The SMILES string of the molecule is O=C(O)c1ccc(F)c(NC(=O)N2CC=CCC2)c1. The van der Waals surface area contributed by atoms with Crippen LogP contribution in [0, 0.1) is 5.82 Å². The molecule has 2 amide bonds. The van der Waals surface area contributed by atoms with Crippen LogP contribution < -0.4 is 5.32 Å². The normalized spacial score (nSPS) is 14.3. The number of carboxylic acids is 1. The molecule has 1 aliphatic rings. The van der Waals surface area contributed by atoms with Crippen molar-refractivity contribution in [2.75, 3.05) is 18.4 Å². The molecule has 0 unspecified atom stereocenters. The number of hydrogen-bond acceptors (Lipinski definition) is 2. The molecule has 0 fully saturated rings. The topological polar surface area (TPSA) is 69.6 Å². The van der Waals surface area contributed by atoms with Crippen LogP contribution in [0.25, 0.3) is 0 Å². The summed E-state index contributed by atoms with van der Waals surface area (Å²) in [6, 6.07) is 2.84. The number of carboxylic acid groups (broad SMARTS) is 1. The molecule has 2 N–H and O–H groups in total. The van der Waals surface area contributed by atoms with E-state index in [1.165, 1.54) is 4.90 Å². The van der Waals surface area contributed by atoms with Gasteiger partial charge < -0.3 is 15.3 Å². The Kier molecular flexibility index (Phi) is 3.79. The van der Waals surface area contributed by atoms with Crippen molar-refractivity contribution in [1.82, 2.24) is 4.90 Å². The van der Waals surface area contributed by atoms with Crippen molar-refractivity contribution in [3.63, 3.8) is 0 Å². The smallest absolute Gasteiger partial charge is 0.335 e. The molecule has 1 aromatic rings. The van der Waals surface area contributed by atoms with Gasteiger partial charge in [0.2, 0.25) is 0 Å². The Morgan fingerprint density at radius 3 is 2.74 bits per heavy atom. The van der Waals surface area contributed by atoms with Crippen molar-refractivity contribution in [1.29, 1.82) is 0 Å². The molecule has 6 heteroatoms. The van der Waals surface area contributed by atoms with Gasteiger partial charge >= 0.3 is 12.0 Å². The predicted octanol–water partition coefficient (Wildman–Crippen LogP) is 2.32. The quantitative estimate of drug-likeness (QED) is 0.805. The van der Waals surface area contributed by atoms with Crippen LogP contribution in [0.3, 0.4) is 0 Å². The van der Waals surface area contributed by atoms with Crippen LogP contribution in [0.5, 0.6) is 0 Å². The van der Waals surface area contributed by atoms with Crippen LogP contribution in [0.15, 0.2) is 30.4 Å². The second-order valence-corrected chi connectivity index (χ2v) is 4.14. The van der Waals surface area contributed by atoms with Crippen LogP contribution in [0.4, 0.5) is 14.9 Å². The first-order valence-corrected chi connectivity index (χ1v) is 5.81. The Bertz CT molecular complexity index is 543. The third kappa shape index (κ3) is 3.09. The van der Waals surface area contributed by atoms with E-state index in [-0.39, 0.29) is 11.3 Å². The average molecular weight is 264 g/mol. The highest BCUT2D eigenvalue weighted by Crippen LogP contribution is 2.17. The van der Waals surface area contributed by atoms with Gasteiger partial charge in [0.25, 0.3) is 0 Å². The van der Waals surface area contributed by atoms with E-state index < -0.39 is 17.8 Å². The molecule has 0 saturated heterocycles. The van der Waals surface area contributed by atoms with E-state index in [1.54, 1.807) is 0 Å². The number of carbonyl (C=O) groups is 2. The zero-order valence-electron chi connectivity index (χ0n) is 10.1. The Morgan fingerprint density at radius 1 is 1.32 bits per heavy atom. The second kappa shape index (κ2) is 5.51. The van der Waals surface area contributed by atoms with E-state index in [9.17, 15) is 14.0 Å². The Hall–Kier alpha value is -2.37. The molecule has 1 aromatic carbocycles. The summed E-state index contributed by atoms with van der Waals surface area (Å²) in [6.45, 7) is 1.02. The van der Waals surface area contributed by atoms with Gasteiger partial charge in [-0.05, 0) is 24.6 Å². The number of rotatable bonds is 2. The Balaban J connectivity index is 2.13. The molecular weight excluding hydrogens is 251 g/mol. The molecule has 1 aliphatic heterocycles. The van der Waals surface area contributed by atoms with E-state index >= 15 is 0 Å².